The third-order valence-electron chi connectivity index (χ3n) is 2.43. The highest BCUT2D eigenvalue weighted by Gasteiger charge is 2.44. The average Bonchev–Trinajstić information content (AvgIpc) is 2.40. The van der Waals surface area contributed by atoms with Crippen LogP contribution in [0.5, 0.6) is 0 Å². The molecule has 2 N–H and O–H groups in total. The van der Waals surface area contributed by atoms with Gasteiger partial charge in [-0.15, -0.1) is 6.42 Å². The van der Waals surface area contributed by atoms with Gasteiger partial charge >= 0.3 is 6.03 Å². The highest BCUT2D eigenvalue weighted by atomic mass is 16.5. The average molecular weight is 209 g/mol. The molecule has 1 rings (SSSR count). The van der Waals surface area contributed by atoms with Crippen LogP contribution in [0.1, 0.15) is 13.8 Å². The molecule has 5 nitrogen and oxygen atoms in total. The second kappa shape index (κ2) is 4.32. The van der Waals surface area contributed by atoms with E-state index >= 15 is 0 Å². The molecule has 0 saturated carbocycles. The van der Waals surface area contributed by atoms with E-state index in [9.17, 15) is 4.79 Å². The summed E-state index contributed by atoms with van der Waals surface area (Å²) in [5.41, 5.74) is 5.00. The van der Waals surface area contributed by atoms with Crippen molar-refractivity contribution in [1.29, 1.82) is 0 Å². The van der Waals surface area contributed by atoms with Gasteiger partial charge in [0.2, 0.25) is 0 Å². The summed E-state index contributed by atoms with van der Waals surface area (Å²) in [6.45, 7) is 4.72. The predicted molar refractivity (Wildman–Crippen MR) is 57.5 cm³/mol. The minimum absolute atomic E-state index is 0.187. The van der Waals surface area contributed by atoms with Crippen molar-refractivity contribution in [3.8, 4) is 12.3 Å². The molecular weight excluding hydrogens is 194 g/mol. The van der Waals surface area contributed by atoms with Crippen LogP contribution in [0.15, 0.2) is 4.99 Å². The summed E-state index contributed by atoms with van der Waals surface area (Å²) >= 11 is 0. The van der Waals surface area contributed by atoms with E-state index in [1.165, 1.54) is 4.90 Å². The number of carbonyl (C=O) groups excluding carboxylic acids is 1. The molecule has 0 aromatic carbocycles. The van der Waals surface area contributed by atoms with Gasteiger partial charge in [-0.25, -0.2) is 4.79 Å². The summed E-state index contributed by atoms with van der Waals surface area (Å²) in [7, 11) is 0. The molecule has 2 amide bonds. The zero-order valence-electron chi connectivity index (χ0n) is 8.99. The summed E-state index contributed by atoms with van der Waals surface area (Å²) in [4.78, 5) is 16.6. The first-order valence-electron chi connectivity index (χ1n) is 4.73. The number of amides is 2. The van der Waals surface area contributed by atoms with E-state index in [1.807, 2.05) is 6.92 Å². The van der Waals surface area contributed by atoms with E-state index in [1.54, 1.807) is 6.92 Å². The number of aliphatic imine (C=N–C) groups is 1. The normalized spacial score (nSPS) is 25.3. The SMILES string of the molecule is C#CCN1C(=O)N=C(N)C1(C)COCC. The molecule has 0 aromatic rings. The molecule has 1 heterocycles. The van der Waals surface area contributed by atoms with E-state index in [-0.39, 0.29) is 12.4 Å². The number of urea groups is 1. The molecule has 15 heavy (non-hydrogen) atoms. The number of terminal acetylenes is 1. The molecule has 0 spiro atoms. The standard InChI is InChI=1S/C10H15N3O2/c1-4-6-13-9(14)12-8(11)10(13,3)7-15-5-2/h1H,5-7H2,2-3H3,(H2,11,12,14). The van der Waals surface area contributed by atoms with Crippen LogP contribution >= 0.6 is 0 Å². The molecule has 82 valence electrons. The summed E-state index contributed by atoms with van der Waals surface area (Å²) < 4.78 is 5.29. The molecule has 1 aliphatic rings. The van der Waals surface area contributed by atoms with Crippen LogP contribution in [-0.2, 0) is 4.74 Å². The summed E-state index contributed by atoms with van der Waals surface area (Å²) in [6, 6.07) is -0.396. The number of amidine groups is 1. The Balaban J connectivity index is 2.87. The molecule has 0 bridgehead atoms. The minimum Gasteiger partial charge on any atom is -0.385 e. The van der Waals surface area contributed by atoms with E-state index < -0.39 is 11.6 Å². The number of carbonyl (C=O) groups is 1. The Kier molecular flexibility index (Phi) is 3.32. The number of ether oxygens (including phenoxy) is 1. The molecule has 0 fully saturated rings. The molecule has 1 unspecified atom stereocenters. The van der Waals surface area contributed by atoms with E-state index in [0.717, 1.165) is 0 Å². The molecule has 0 radical (unpaired) electrons. The number of hydrogen-bond donors (Lipinski definition) is 1. The first kappa shape index (κ1) is 11.5. The highest BCUT2D eigenvalue weighted by molar-refractivity contribution is 6.05. The van der Waals surface area contributed by atoms with E-state index in [2.05, 4.69) is 10.9 Å². The van der Waals surface area contributed by atoms with Crippen molar-refractivity contribution in [2.24, 2.45) is 10.7 Å². The van der Waals surface area contributed by atoms with Gasteiger partial charge in [0.15, 0.2) is 0 Å². The van der Waals surface area contributed by atoms with E-state index in [4.69, 9.17) is 16.9 Å². The lowest BCUT2D eigenvalue weighted by molar-refractivity contribution is 0.0725. The largest absolute Gasteiger partial charge is 0.385 e. The zero-order valence-corrected chi connectivity index (χ0v) is 8.99. The second-order valence-corrected chi connectivity index (χ2v) is 3.48. The molecular formula is C10H15N3O2. The number of nitrogens with two attached hydrogens (primary N) is 1. The maximum absolute atomic E-state index is 11.5. The molecule has 0 aliphatic carbocycles. The molecule has 1 aliphatic heterocycles. The van der Waals surface area contributed by atoms with Gasteiger partial charge in [0.25, 0.3) is 0 Å². The fraction of sp³-hybridized carbons (Fsp3) is 0.600. The van der Waals surface area contributed by atoms with E-state index in [0.29, 0.717) is 13.2 Å². The van der Waals surface area contributed by atoms with Crippen molar-refractivity contribution < 1.29 is 9.53 Å². The third kappa shape index (κ3) is 1.95. The first-order valence-corrected chi connectivity index (χ1v) is 4.73. The fourth-order valence-corrected chi connectivity index (χ4v) is 1.42. The smallest absolute Gasteiger partial charge is 0.346 e. The maximum Gasteiger partial charge on any atom is 0.346 e. The van der Waals surface area contributed by atoms with Crippen molar-refractivity contribution in [3.05, 3.63) is 0 Å². The highest BCUT2D eigenvalue weighted by Crippen LogP contribution is 2.22. The summed E-state index contributed by atoms with van der Waals surface area (Å²) in [5.74, 6) is 2.67. The summed E-state index contributed by atoms with van der Waals surface area (Å²) in [6.07, 6.45) is 5.19. The van der Waals surface area contributed by atoms with Crippen molar-refractivity contribution in [1.82, 2.24) is 4.90 Å². The lowest BCUT2D eigenvalue weighted by Gasteiger charge is -2.32. The number of rotatable bonds is 4. The maximum atomic E-state index is 11.5. The first-order chi connectivity index (χ1) is 7.06. The molecule has 1 atom stereocenters. The Morgan fingerprint density at radius 3 is 2.93 bits per heavy atom. The van der Waals surface area contributed by atoms with Gasteiger partial charge in [-0.2, -0.15) is 4.99 Å². The van der Waals surface area contributed by atoms with Gasteiger partial charge in [0.1, 0.15) is 11.4 Å². The lowest BCUT2D eigenvalue weighted by Crippen LogP contribution is -2.55. The fourth-order valence-electron chi connectivity index (χ4n) is 1.42. The van der Waals surface area contributed by atoms with Crippen LogP contribution in [0.3, 0.4) is 0 Å². The van der Waals surface area contributed by atoms with Crippen LogP contribution in [0.25, 0.3) is 0 Å². The third-order valence-corrected chi connectivity index (χ3v) is 2.43. The molecule has 5 heteroatoms. The monoisotopic (exact) mass is 209 g/mol. The zero-order chi connectivity index (χ0) is 11.5. The lowest BCUT2D eigenvalue weighted by atomic mass is 10.0. The Morgan fingerprint density at radius 1 is 1.73 bits per heavy atom. The Bertz CT molecular complexity index is 332. The molecule has 0 aromatic heterocycles. The van der Waals surface area contributed by atoms with Crippen molar-refractivity contribution in [3.63, 3.8) is 0 Å². The summed E-state index contributed by atoms with van der Waals surface area (Å²) in [5, 5.41) is 0. The predicted octanol–water partition coefficient (Wildman–Crippen LogP) is 0.208. The molecule has 0 saturated heterocycles. The van der Waals surface area contributed by atoms with Crippen molar-refractivity contribution >= 4 is 11.9 Å². The van der Waals surface area contributed by atoms with Crippen LogP contribution in [0, 0.1) is 12.3 Å². The van der Waals surface area contributed by atoms with Crippen LogP contribution in [0.2, 0.25) is 0 Å². The van der Waals surface area contributed by atoms with Gasteiger partial charge < -0.3 is 10.5 Å². The van der Waals surface area contributed by atoms with Gasteiger partial charge in [-0.3, -0.25) is 4.90 Å². The van der Waals surface area contributed by atoms with Gasteiger partial charge in [0.05, 0.1) is 13.2 Å². The second-order valence-electron chi connectivity index (χ2n) is 3.48. The van der Waals surface area contributed by atoms with Crippen LogP contribution in [-0.4, -0.2) is 42.1 Å². The van der Waals surface area contributed by atoms with Gasteiger partial charge in [-0.1, -0.05) is 5.92 Å². The minimum atomic E-state index is -0.709. The Morgan fingerprint density at radius 2 is 2.40 bits per heavy atom. The Hall–Kier alpha value is -1.54. The van der Waals surface area contributed by atoms with Crippen molar-refractivity contribution in [2.75, 3.05) is 19.8 Å². The van der Waals surface area contributed by atoms with Crippen LogP contribution in [0.4, 0.5) is 4.79 Å². The topological polar surface area (TPSA) is 67.9 Å². The van der Waals surface area contributed by atoms with Crippen LogP contribution < -0.4 is 5.73 Å². The number of hydrogen-bond acceptors (Lipinski definition) is 3. The van der Waals surface area contributed by atoms with Gasteiger partial charge in [0, 0.05) is 6.61 Å². The number of nitrogens with zero attached hydrogens (tertiary/aromatic N) is 2. The quantitative estimate of drug-likeness (QED) is 0.673. The van der Waals surface area contributed by atoms with Crippen molar-refractivity contribution in [2.45, 2.75) is 19.4 Å². The van der Waals surface area contributed by atoms with Gasteiger partial charge in [-0.05, 0) is 13.8 Å². The Labute approximate surface area is 89.3 Å².